The lowest BCUT2D eigenvalue weighted by Crippen LogP contribution is -2.35. The average Bonchev–Trinajstić information content (AvgIpc) is 2.39. The van der Waals surface area contributed by atoms with Gasteiger partial charge in [-0.2, -0.15) is 0 Å². The summed E-state index contributed by atoms with van der Waals surface area (Å²) in [5.41, 5.74) is 16.7. The van der Waals surface area contributed by atoms with Gasteiger partial charge in [0, 0.05) is 19.5 Å². The highest BCUT2D eigenvalue weighted by Crippen LogP contribution is 2.25. The van der Waals surface area contributed by atoms with Crippen LogP contribution in [0.15, 0.2) is 12.3 Å². The molecule has 0 unspecified atom stereocenters. The second kappa shape index (κ2) is 5.77. The number of carbonyl (C=O) groups excluding carboxylic acids is 2. The number of aromatic nitrogens is 1. The van der Waals surface area contributed by atoms with Gasteiger partial charge in [0.2, 0.25) is 5.91 Å². The zero-order chi connectivity index (χ0) is 14.7. The average molecular weight is 277 g/mol. The molecular weight excluding hydrogens is 258 g/mol. The fourth-order valence-corrected chi connectivity index (χ4v) is 2.49. The van der Waals surface area contributed by atoms with E-state index in [2.05, 4.69) is 9.88 Å². The second-order valence-corrected chi connectivity index (χ2v) is 5.09. The van der Waals surface area contributed by atoms with E-state index in [1.165, 1.54) is 6.20 Å². The van der Waals surface area contributed by atoms with Crippen LogP contribution in [0.4, 0.5) is 11.5 Å². The number of primary amides is 2. The second-order valence-electron chi connectivity index (χ2n) is 5.09. The van der Waals surface area contributed by atoms with Crippen molar-refractivity contribution in [3.05, 3.63) is 17.8 Å². The van der Waals surface area contributed by atoms with Crippen LogP contribution in [0.3, 0.4) is 0 Å². The molecule has 1 fully saturated rings. The van der Waals surface area contributed by atoms with Crippen molar-refractivity contribution in [2.45, 2.75) is 19.3 Å². The molecule has 0 atom stereocenters. The number of piperidine rings is 1. The summed E-state index contributed by atoms with van der Waals surface area (Å²) in [6.07, 6.45) is 3.63. The minimum Gasteiger partial charge on any atom is -0.397 e. The molecule has 1 aromatic rings. The van der Waals surface area contributed by atoms with Crippen LogP contribution in [0.2, 0.25) is 0 Å². The molecule has 108 valence electrons. The molecule has 2 amide bonds. The Labute approximate surface area is 117 Å². The van der Waals surface area contributed by atoms with Gasteiger partial charge in [-0.1, -0.05) is 0 Å². The molecule has 0 aliphatic carbocycles. The number of hydrogen-bond acceptors (Lipinski definition) is 5. The van der Waals surface area contributed by atoms with E-state index >= 15 is 0 Å². The number of hydrogen-bond donors (Lipinski definition) is 3. The first kappa shape index (κ1) is 14.1. The van der Waals surface area contributed by atoms with Gasteiger partial charge in [0.1, 0.15) is 5.82 Å². The van der Waals surface area contributed by atoms with Crippen molar-refractivity contribution in [3.63, 3.8) is 0 Å². The molecule has 1 aliphatic rings. The van der Waals surface area contributed by atoms with Crippen molar-refractivity contribution in [1.29, 1.82) is 0 Å². The van der Waals surface area contributed by atoms with Crippen molar-refractivity contribution in [3.8, 4) is 0 Å². The monoisotopic (exact) mass is 277 g/mol. The van der Waals surface area contributed by atoms with E-state index in [-0.39, 0.29) is 17.2 Å². The summed E-state index contributed by atoms with van der Waals surface area (Å²) in [5.74, 6) is 0.193. The van der Waals surface area contributed by atoms with E-state index in [0.29, 0.717) is 18.2 Å². The number of nitrogen functional groups attached to an aromatic ring is 1. The third-order valence-electron chi connectivity index (χ3n) is 3.61. The van der Waals surface area contributed by atoms with Gasteiger partial charge in [-0.15, -0.1) is 0 Å². The molecule has 20 heavy (non-hydrogen) atoms. The first-order valence-electron chi connectivity index (χ1n) is 6.56. The fraction of sp³-hybridized carbons (Fsp3) is 0.462. The quantitative estimate of drug-likeness (QED) is 0.705. The summed E-state index contributed by atoms with van der Waals surface area (Å²) in [5, 5.41) is 0. The summed E-state index contributed by atoms with van der Waals surface area (Å²) in [6, 6.07) is 1.62. The van der Waals surface area contributed by atoms with Gasteiger partial charge in [-0.25, -0.2) is 4.98 Å². The van der Waals surface area contributed by atoms with Crippen LogP contribution in [0.25, 0.3) is 0 Å². The molecule has 1 aliphatic heterocycles. The molecule has 1 aromatic heterocycles. The number of pyridine rings is 1. The Hall–Kier alpha value is -2.31. The minimum absolute atomic E-state index is 0.259. The van der Waals surface area contributed by atoms with Gasteiger partial charge in [0.15, 0.2) is 0 Å². The van der Waals surface area contributed by atoms with Crippen LogP contribution in [-0.2, 0) is 4.79 Å². The van der Waals surface area contributed by atoms with E-state index in [1.807, 2.05) is 0 Å². The van der Waals surface area contributed by atoms with E-state index < -0.39 is 5.91 Å². The lowest BCUT2D eigenvalue weighted by Gasteiger charge is -2.32. The lowest BCUT2D eigenvalue weighted by atomic mass is 9.93. The molecule has 0 radical (unpaired) electrons. The topological polar surface area (TPSA) is 128 Å². The number of anilines is 2. The molecule has 2 heterocycles. The Kier molecular flexibility index (Phi) is 4.07. The van der Waals surface area contributed by atoms with Gasteiger partial charge in [-0.05, 0) is 24.8 Å². The standard InChI is InChI=1S/C13H19N5O2/c14-10-7-17-12(6-9(10)13(16)20)18-3-1-8(2-4-18)5-11(15)19/h6-8H,1-5,14H2,(H2,15,19)(H2,16,20). The Morgan fingerprint density at radius 3 is 2.50 bits per heavy atom. The summed E-state index contributed by atoms with van der Waals surface area (Å²) < 4.78 is 0. The van der Waals surface area contributed by atoms with Gasteiger partial charge in [0.05, 0.1) is 17.4 Å². The van der Waals surface area contributed by atoms with Gasteiger partial charge in [0.25, 0.3) is 5.91 Å². The first-order valence-corrected chi connectivity index (χ1v) is 6.56. The number of rotatable bonds is 4. The van der Waals surface area contributed by atoms with Crippen molar-refractivity contribution in [2.24, 2.45) is 17.4 Å². The van der Waals surface area contributed by atoms with Crippen molar-refractivity contribution in [2.75, 3.05) is 23.7 Å². The number of amides is 2. The molecule has 0 spiro atoms. The molecule has 7 nitrogen and oxygen atoms in total. The van der Waals surface area contributed by atoms with Crippen LogP contribution in [0.1, 0.15) is 29.6 Å². The smallest absolute Gasteiger partial charge is 0.250 e. The van der Waals surface area contributed by atoms with Crippen molar-refractivity contribution >= 4 is 23.3 Å². The van der Waals surface area contributed by atoms with E-state index in [0.717, 1.165) is 25.9 Å². The van der Waals surface area contributed by atoms with Crippen LogP contribution in [-0.4, -0.2) is 29.9 Å². The van der Waals surface area contributed by atoms with Crippen LogP contribution >= 0.6 is 0 Å². The fourth-order valence-electron chi connectivity index (χ4n) is 2.49. The number of carbonyl (C=O) groups is 2. The normalized spacial score (nSPS) is 16.1. The van der Waals surface area contributed by atoms with E-state index in [1.54, 1.807) is 6.07 Å². The van der Waals surface area contributed by atoms with Crippen LogP contribution in [0, 0.1) is 5.92 Å². The summed E-state index contributed by atoms with van der Waals surface area (Å²) >= 11 is 0. The van der Waals surface area contributed by atoms with E-state index in [4.69, 9.17) is 17.2 Å². The maximum atomic E-state index is 11.3. The van der Waals surface area contributed by atoms with Crippen molar-refractivity contribution < 1.29 is 9.59 Å². The van der Waals surface area contributed by atoms with Crippen LogP contribution in [0.5, 0.6) is 0 Å². The maximum Gasteiger partial charge on any atom is 0.250 e. The Bertz CT molecular complexity index is 523. The number of nitrogens with two attached hydrogens (primary N) is 3. The largest absolute Gasteiger partial charge is 0.397 e. The molecule has 7 heteroatoms. The van der Waals surface area contributed by atoms with Crippen LogP contribution < -0.4 is 22.1 Å². The zero-order valence-corrected chi connectivity index (χ0v) is 11.2. The molecule has 6 N–H and O–H groups in total. The van der Waals surface area contributed by atoms with Crippen molar-refractivity contribution in [1.82, 2.24) is 4.98 Å². The summed E-state index contributed by atoms with van der Waals surface area (Å²) in [4.78, 5) is 28.5. The molecule has 0 saturated carbocycles. The van der Waals surface area contributed by atoms with E-state index in [9.17, 15) is 9.59 Å². The predicted octanol–water partition coefficient (Wildman–Crippen LogP) is -0.145. The zero-order valence-electron chi connectivity index (χ0n) is 11.2. The summed E-state index contributed by atoms with van der Waals surface area (Å²) in [7, 11) is 0. The first-order chi connectivity index (χ1) is 9.47. The highest BCUT2D eigenvalue weighted by Gasteiger charge is 2.22. The third-order valence-corrected chi connectivity index (χ3v) is 3.61. The Morgan fingerprint density at radius 2 is 1.95 bits per heavy atom. The molecule has 1 saturated heterocycles. The Balaban J connectivity index is 2.05. The molecule has 2 rings (SSSR count). The highest BCUT2D eigenvalue weighted by atomic mass is 16.1. The Morgan fingerprint density at radius 1 is 1.30 bits per heavy atom. The molecular formula is C13H19N5O2. The highest BCUT2D eigenvalue weighted by molar-refractivity contribution is 5.98. The third kappa shape index (κ3) is 3.17. The van der Waals surface area contributed by atoms with Gasteiger partial charge in [-0.3, -0.25) is 9.59 Å². The van der Waals surface area contributed by atoms with Gasteiger partial charge >= 0.3 is 0 Å². The molecule has 0 bridgehead atoms. The summed E-state index contributed by atoms with van der Waals surface area (Å²) in [6.45, 7) is 1.54. The SMILES string of the molecule is NC(=O)CC1CCN(c2cc(C(N)=O)c(N)cn2)CC1. The number of nitrogens with zero attached hydrogens (tertiary/aromatic N) is 2. The van der Waals surface area contributed by atoms with Gasteiger partial charge < -0.3 is 22.1 Å². The molecule has 0 aromatic carbocycles. The lowest BCUT2D eigenvalue weighted by molar-refractivity contribution is -0.119. The maximum absolute atomic E-state index is 11.3. The minimum atomic E-state index is -0.560. The predicted molar refractivity (Wildman–Crippen MR) is 75.9 cm³/mol.